The molecule has 0 heterocycles. The highest BCUT2D eigenvalue weighted by Gasteiger charge is 2.46. The molecule has 0 nitrogen and oxygen atoms in total. The van der Waals surface area contributed by atoms with E-state index in [9.17, 15) is 0 Å². The summed E-state index contributed by atoms with van der Waals surface area (Å²) in [5.41, 5.74) is 20.0. The first-order valence-electron chi connectivity index (χ1n) is 18.5. The van der Waals surface area contributed by atoms with Gasteiger partial charge in [0.05, 0.1) is 5.41 Å². The van der Waals surface area contributed by atoms with E-state index in [4.69, 9.17) is 0 Å². The summed E-state index contributed by atoms with van der Waals surface area (Å²) in [6.07, 6.45) is 0. The molecule has 0 aliphatic heterocycles. The van der Waals surface area contributed by atoms with Crippen LogP contribution in [0.3, 0.4) is 0 Å². The summed E-state index contributed by atoms with van der Waals surface area (Å²) in [7, 11) is 0. The van der Waals surface area contributed by atoms with Crippen molar-refractivity contribution >= 4 is 10.8 Å². The van der Waals surface area contributed by atoms with Crippen molar-refractivity contribution in [1.29, 1.82) is 0 Å². The highest BCUT2D eigenvalue weighted by Crippen LogP contribution is 2.60. The molecule has 2 aliphatic rings. The first-order valence-corrected chi connectivity index (χ1v) is 18.5. The normalized spacial score (nSPS) is 13.1. The predicted molar refractivity (Wildman–Crippen MR) is 222 cm³/mol. The summed E-state index contributed by atoms with van der Waals surface area (Å²) < 4.78 is 0. The average Bonchev–Trinajstić information content (AvgIpc) is 3.73. The van der Waals surface area contributed by atoms with Crippen molar-refractivity contribution < 1.29 is 0 Å². The molecule has 11 rings (SSSR count). The van der Waals surface area contributed by atoms with Crippen LogP contribution in [0.15, 0.2) is 206 Å². The summed E-state index contributed by atoms with van der Waals surface area (Å²) in [4.78, 5) is 0. The molecule has 9 aromatic carbocycles. The first-order chi connectivity index (χ1) is 26.3. The van der Waals surface area contributed by atoms with Gasteiger partial charge in [0, 0.05) is 0 Å². The average molecular weight is 671 g/mol. The molecule has 0 saturated carbocycles. The Kier molecular flexibility index (Phi) is 6.57. The lowest BCUT2D eigenvalue weighted by Crippen LogP contribution is -2.28. The van der Waals surface area contributed by atoms with E-state index in [0.717, 1.165) is 0 Å². The zero-order chi connectivity index (χ0) is 34.9. The minimum Gasteiger partial charge on any atom is -0.0622 e. The number of benzene rings is 9. The maximum atomic E-state index is 2.51. The van der Waals surface area contributed by atoms with E-state index < -0.39 is 5.41 Å². The Labute approximate surface area is 310 Å². The number of rotatable bonds is 5. The molecule has 2 aliphatic carbocycles. The van der Waals surface area contributed by atoms with Crippen LogP contribution in [-0.4, -0.2) is 0 Å². The Balaban J connectivity index is 1.28. The van der Waals surface area contributed by atoms with Gasteiger partial charge in [0.1, 0.15) is 0 Å². The first kappa shape index (κ1) is 29.9. The fourth-order valence-corrected chi connectivity index (χ4v) is 9.58. The summed E-state index contributed by atoms with van der Waals surface area (Å²) in [6.45, 7) is 0. The van der Waals surface area contributed by atoms with E-state index in [1.807, 2.05) is 0 Å². The van der Waals surface area contributed by atoms with Crippen LogP contribution < -0.4 is 0 Å². The van der Waals surface area contributed by atoms with Gasteiger partial charge in [0.25, 0.3) is 0 Å². The van der Waals surface area contributed by atoms with Crippen LogP contribution in [0.2, 0.25) is 0 Å². The maximum absolute atomic E-state index is 2.51. The highest BCUT2D eigenvalue weighted by molar-refractivity contribution is 6.22. The van der Waals surface area contributed by atoms with Gasteiger partial charge in [-0.15, -0.1) is 0 Å². The van der Waals surface area contributed by atoms with Crippen molar-refractivity contribution in [1.82, 2.24) is 0 Å². The second-order valence-electron chi connectivity index (χ2n) is 14.3. The van der Waals surface area contributed by atoms with E-state index in [2.05, 4.69) is 206 Å². The fraction of sp³-hybridized carbons (Fsp3) is 0.0189. The SMILES string of the molecule is c1ccc(-c2cc(-c3ccc4c(c3)C(c3ccccc3)(c3ccccc3)c3ccccc3-4)c(-c3ccccc3)c3c2-c2cccc4cccc-3c24)cc1. The topological polar surface area (TPSA) is 0 Å². The molecule has 0 heteroatoms. The minimum absolute atomic E-state index is 0.474. The van der Waals surface area contributed by atoms with E-state index in [1.54, 1.807) is 0 Å². The third kappa shape index (κ3) is 4.24. The standard InChI is InChI=1S/C53H34/c1-5-17-35(18-6-1)45-34-46(50(37-19-7-2-8-20-37)52-44-29-16-22-36-21-15-28-43(49(36)44)51(45)52)38-31-32-42-41-27-13-14-30-47(41)53(48(42)33-38,39-23-9-3-10-24-39)40-25-11-4-12-26-40/h1-34H. The van der Waals surface area contributed by atoms with Gasteiger partial charge in [-0.25, -0.2) is 0 Å². The lowest BCUT2D eigenvalue weighted by atomic mass is 9.67. The van der Waals surface area contributed by atoms with Gasteiger partial charge < -0.3 is 0 Å². The number of fused-ring (bicyclic) bond motifs is 6. The molecule has 0 fully saturated rings. The molecule has 246 valence electrons. The largest absolute Gasteiger partial charge is 0.0713 e. The van der Waals surface area contributed by atoms with E-state index in [0.29, 0.717) is 0 Å². The Morgan fingerprint density at radius 1 is 0.264 bits per heavy atom. The van der Waals surface area contributed by atoms with Gasteiger partial charge >= 0.3 is 0 Å². The molecule has 0 radical (unpaired) electrons. The van der Waals surface area contributed by atoms with Crippen LogP contribution in [0.4, 0.5) is 0 Å². The van der Waals surface area contributed by atoms with Crippen LogP contribution in [0.5, 0.6) is 0 Å². The summed E-state index contributed by atoms with van der Waals surface area (Å²) in [5, 5.41) is 2.62. The molecule has 0 bridgehead atoms. The van der Waals surface area contributed by atoms with E-state index in [-0.39, 0.29) is 0 Å². The molecule has 0 N–H and O–H groups in total. The van der Waals surface area contributed by atoms with Crippen LogP contribution in [0, 0.1) is 0 Å². The van der Waals surface area contributed by atoms with Crippen LogP contribution in [0.25, 0.3) is 77.5 Å². The highest BCUT2D eigenvalue weighted by atomic mass is 14.5. The predicted octanol–water partition coefficient (Wildman–Crippen LogP) is 13.9. The van der Waals surface area contributed by atoms with Gasteiger partial charge in [0.2, 0.25) is 0 Å². The summed E-state index contributed by atoms with van der Waals surface area (Å²) in [5.74, 6) is 0. The van der Waals surface area contributed by atoms with Crippen molar-refractivity contribution in [3.05, 3.63) is 229 Å². The zero-order valence-corrected chi connectivity index (χ0v) is 29.1. The Bertz CT molecular complexity index is 2800. The van der Waals surface area contributed by atoms with E-state index >= 15 is 0 Å². The molecular formula is C53H34. The van der Waals surface area contributed by atoms with Gasteiger partial charge in [-0.3, -0.25) is 0 Å². The Morgan fingerprint density at radius 3 is 1.43 bits per heavy atom. The third-order valence-corrected chi connectivity index (χ3v) is 11.7. The van der Waals surface area contributed by atoms with Crippen molar-refractivity contribution in [2.24, 2.45) is 0 Å². The molecule has 0 amide bonds. The van der Waals surface area contributed by atoms with Gasteiger partial charge in [0.15, 0.2) is 0 Å². The quantitative estimate of drug-likeness (QED) is 0.171. The summed E-state index contributed by atoms with van der Waals surface area (Å²) in [6, 6.07) is 76.6. The smallest absolute Gasteiger partial charge is 0.0622 e. The monoisotopic (exact) mass is 670 g/mol. The molecule has 0 atom stereocenters. The van der Waals surface area contributed by atoms with Gasteiger partial charge in [-0.1, -0.05) is 194 Å². The molecule has 0 spiro atoms. The minimum atomic E-state index is -0.474. The van der Waals surface area contributed by atoms with Crippen molar-refractivity contribution in [3.8, 4) is 66.8 Å². The Hall–Kier alpha value is -6.76. The number of hydrogen-bond donors (Lipinski definition) is 0. The molecule has 9 aromatic rings. The number of hydrogen-bond acceptors (Lipinski definition) is 0. The van der Waals surface area contributed by atoms with Crippen molar-refractivity contribution in [2.45, 2.75) is 5.41 Å². The van der Waals surface area contributed by atoms with Crippen molar-refractivity contribution in [2.75, 3.05) is 0 Å². The maximum Gasteiger partial charge on any atom is 0.0713 e. The molecule has 53 heavy (non-hydrogen) atoms. The van der Waals surface area contributed by atoms with Crippen LogP contribution in [0.1, 0.15) is 22.3 Å². The third-order valence-electron chi connectivity index (χ3n) is 11.7. The fourth-order valence-electron chi connectivity index (χ4n) is 9.58. The molecular weight excluding hydrogens is 637 g/mol. The zero-order valence-electron chi connectivity index (χ0n) is 29.1. The molecule has 0 unspecified atom stereocenters. The van der Waals surface area contributed by atoms with Crippen LogP contribution in [-0.2, 0) is 5.41 Å². The van der Waals surface area contributed by atoms with Crippen molar-refractivity contribution in [3.63, 3.8) is 0 Å². The second-order valence-corrected chi connectivity index (χ2v) is 14.3. The second kappa shape index (κ2) is 11.6. The van der Waals surface area contributed by atoms with E-state index in [1.165, 1.54) is 99.8 Å². The molecule has 0 saturated heterocycles. The van der Waals surface area contributed by atoms with Gasteiger partial charge in [-0.2, -0.15) is 0 Å². The lowest BCUT2D eigenvalue weighted by molar-refractivity contribution is 0.769. The lowest BCUT2D eigenvalue weighted by Gasteiger charge is -2.34. The summed E-state index contributed by atoms with van der Waals surface area (Å²) >= 11 is 0. The van der Waals surface area contributed by atoms with Crippen LogP contribution >= 0.6 is 0 Å². The molecule has 0 aromatic heterocycles. The van der Waals surface area contributed by atoms with Gasteiger partial charge in [-0.05, 0) is 112 Å². The Morgan fingerprint density at radius 2 is 0.774 bits per heavy atom.